The lowest BCUT2D eigenvalue weighted by Crippen LogP contribution is -2.32. The molecule has 1 aromatic carbocycles. The Hall–Kier alpha value is -1.95. The second-order valence-corrected chi connectivity index (χ2v) is 6.97. The maximum atomic E-state index is 12.3. The molecule has 0 fully saturated rings. The van der Waals surface area contributed by atoms with E-state index in [9.17, 15) is 9.59 Å². The van der Waals surface area contributed by atoms with Crippen molar-refractivity contribution in [3.8, 4) is 0 Å². The standard InChI is InChI=1S/C17H23NO4S/c1-13-8-10-14(11-9-13)23-18(12-6-7-15(19)21-5)16(20)22-17(2,3)4/h6-11H,12H2,1-5H3/b7-6+. The van der Waals surface area contributed by atoms with Gasteiger partial charge in [0, 0.05) is 11.0 Å². The van der Waals surface area contributed by atoms with Crippen molar-refractivity contribution in [3.63, 3.8) is 0 Å². The van der Waals surface area contributed by atoms with Gasteiger partial charge in [0.1, 0.15) is 5.60 Å². The molecule has 0 unspecified atom stereocenters. The molecule has 0 saturated carbocycles. The van der Waals surface area contributed by atoms with Gasteiger partial charge in [-0.05, 0) is 51.8 Å². The van der Waals surface area contributed by atoms with Crippen molar-refractivity contribution >= 4 is 24.0 Å². The summed E-state index contributed by atoms with van der Waals surface area (Å²) >= 11 is 1.26. The first-order valence-corrected chi connectivity index (χ1v) is 7.98. The van der Waals surface area contributed by atoms with E-state index in [1.165, 1.54) is 29.4 Å². The van der Waals surface area contributed by atoms with Crippen molar-refractivity contribution in [2.75, 3.05) is 13.7 Å². The number of rotatable bonds is 5. The van der Waals surface area contributed by atoms with Crippen LogP contribution in [0.25, 0.3) is 0 Å². The van der Waals surface area contributed by atoms with Crippen molar-refractivity contribution in [2.24, 2.45) is 0 Å². The van der Waals surface area contributed by atoms with Crippen LogP contribution in [0.5, 0.6) is 0 Å². The highest BCUT2D eigenvalue weighted by atomic mass is 32.2. The fraction of sp³-hybridized carbons (Fsp3) is 0.412. The van der Waals surface area contributed by atoms with Crippen LogP contribution in [0.15, 0.2) is 41.3 Å². The summed E-state index contributed by atoms with van der Waals surface area (Å²) in [5, 5.41) is 0. The molecule has 0 atom stereocenters. The van der Waals surface area contributed by atoms with Crippen LogP contribution in [-0.2, 0) is 14.3 Å². The Morgan fingerprint density at radius 1 is 1.22 bits per heavy atom. The lowest BCUT2D eigenvalue weighted by atomic mass is 10.2. The molecule has 0 spiro atoms. The zero-order valence-electron chi connectivity index (χ0n) is 14.2. The Morgan fingerprint density at radius 3 is 2.35 bits per heavy atom. The lowest BCUT2D eigenvalue weighted by molar-refractivity contribution is -0.134. The molecule has 0 N–H and O–H groups in total. The Bertz CT molecular complexity index is 561. The third kappa shape index (κ3) is 7.74. The smallest absolute Gasteiger partial charge is 0.420 e. The second kappa shape index (κ2) is 8.62. The molecule has 5 nitrogen and oxygen atoms in total. The third-order valence-corrected chi connectivity index (χ3v) is 3.56. The van der Waals surface area contributed by atoms with Gasteiger partial charge in [0.05, 0.1) is 13.7 Å². The van der Waals surface area contributed by atoms with E-state index in [0.717, 1.165) is 10.5 Å². The summed E-state index contributed by atoms with van der Waals surface area (Å²) < 4.78 is 11.4. The molecule has 1 aromatic rings. The minimum atomic E-state index is -0.588. The Labute approximate surface area is 141 Å². The van der Waals surface area contributed by atoms with Gasteiger partial charge >= 0.3 is 12.1 Å². The highest BCUT2D eigenvalue weighted by molar-refractivity contribution is 7.97. The predicted octanol–water partition coefficient (Wildman–Crippen LogP) is 3.97. The van der Waals surface area contributed by atoms with Gasteiger partial charge in [-0.3, -0.25) is 0 Å². The molecule has 6 heteroatoms. The number of amides is 1. The summed E-state index contributed by atoms with van der Waals surface area (Å²) in [7, 11) is 1.30. The maximum Gasteiger partial charge on any atom is 0.420 e. The molecule has 126 valence electrons. The number of esters is 1. The second-order valence-electron chi connectivity index (χ2n) is 5.87. The lowest BCUT2D eigenvalue weighted by Gasteiger charge is -2.25. The molecule has 0 radical (unpaired) electrons. The van der Waals surface area contributed by atoms with Crippen LogP contribution in [0, 0.1) is 6.92 Å². The van der Waals surface area contributed by atoms with Gasteiger partial charge in [-0.2, -0.15) is 0 Å². The Kier molecular flexibility index (Phi) is 7.16. The predicted molar refractivity (Wildman–Crippen MR) is 91.1 cm³/mol. The van der Waals surface area contributed by atoms with Crippen molar-refractivity contribution in [2.45, 2.75) is 38.2 Å². The summed E-state index contributed by atoms with van der Waals surface area (Å²) in [6, 6.07) is 7.81. The van der Waals surface area contributed by atoms with E-state index < -0.39 is 17.7 Å². The molecule has 0 aliphatic rings. The zero-order valence-corrected chi connectivity index (χ0v) is 15.0. The van der Waals surface area contributed by atoms with Crippen molar-refractivity contribution < 1.29 is 19.1 Å². The van der Waals surface area contributed by atoms with Crippen LogP contribution >= 0.6 is 11.9 Å². The fourth-order valence-corrected chi connectivity index (χ4v) is 2.29. The van der Waals surface area contributed by atoms with Gasteiger partial charge in [-0.1, -0.05) is 23.8 Å². The number of hydrogen-bond acceptors (Lipinski definition) is 5. The van der Waals surface area contributed by atoms with Gasteiger partial charge in [0.25, 0.3) is 0 Å². The number of carbonyl (C=O) groups excluding carboxylic acids is 2. The van der Waals surface area contributed by atoms with Crippen LogP contribution < -0.4 is 0 Å². The van der Waals surface area contributed by atoms with Crippen molar-refractivity contribution in [1.82, 2.24) is 4.31 Å². The molecular formula is C17H23NO4S. The fourth-order valence-electron chi connectivity index (χ4n) is 1.50. The molecule has 23 heavy (non-hydrogen) atoms. The average Bonchev–Trinajstić information content (AvgIpc) is 2.46. The highest BCUT2D eigenvalue weighted by Gasteiger charge is 2.22. The Morgan fingerprint density at radius 2 is 1.83 bits per heavy atom. The third-order valence-electron chi connectivity index (χ3n) is 2.56. The monoisotopic (exact) mass is 337 g/mol. The summed E-state index contributed by atoms with van der Waals surface area (Å²) in [5.74, 6) is -0.463. The van der Waals surface area contributed by atoms with E-state index in [1.54, 1.807) is 6.08 Å². The number of nitrogens with zero attached hydrogens (tertiary/aromatic N) is 1. The van der Waals surface area contributed by atoms with Gasteiger partial charge in [-0.15, -0.1) is 0 Å². The number of carbonyl (C=O) groups is 2. The first-order valence-electron chi connectivity index (χ1n) is 7.21. The highest BCUT2D eigenvalue weighted by Crippen LogP contribution is 2.25. The first-order chi connectivity index (χ1) is 10.7. The van der Waals surface area contributed by atoms with E-state index in [4.69, 9.17) is 4.74 Å². The number of aryl methyl sites for hydroxylation is 1. The van der Waals surface area contributed by atoms with E-state index in [0.29, 0.717) is 0 Å². The molecule has 0 aliphatic heterocycles. The number of hydrogen-bond donors (Lipinski definition) is 0. The largest absolute Gasteiger partial charge is 0.466 e. The minimum absolute atomic E-state index is 0.225. The van der Waals surface area contributed by atoms with Crippen molar-refractivity contribution in [1.29, 1.82) is 0 Å². The molecule has 0 bridgehead atoms. The first kappa shape index (κ1) is 19.1. The van der Waals surface area contributed by atoms with E-state index in [-0.39, 0.29) is 6.54 Å². The topological polar surface area (TPSA) is 55.8 Å². The van der Waals surface area contributed by atoms with Crippen LogP contribution in [0.3, 0.4) is 0 Å². The molecule has 0 saturated heterocycles. The normalized spacial score (nSPS) is 11.3. The van der Waals surface area contributed by atoms with Crippen molar-refractivity contribution in [3.05, 3.63) is 42.0 Å². The number of ether oxygens (including phenoxy) is 2. The molecular weight excluding hydrogens is 314 g/mol. The van der Waals surface area contributed by atoms with E-state index in [2.05, 4.69) is 4.74 Å². The van der Waals surface area contributed by atoms with E-state index in [1.807, 2.05) is 52.0 Å². The molecule has 1 rings (SSSR count). The summed E-state index contributed by atoms with van der Waals surface area (Å²) in [5.41, 5.74) is 0.554. The van der Waals surface area contributed by atoms with Crippen LogP contribution in [-0.4, -0.2) is 35.6 Å². The maximum absolute atomic E-state index is 12.3. The summed E-state index contributed by atoms with van der Waals surface area (Å²) in [6.07, 6.45) is 2.39. The molecule has 0 aromatic heterocycles. The van der Waals surface area contributed by atoms with Crippen LogP contribution in [0.2, 0.25) is 0 Å². The SMILES string of the molecule is COC(=O)/C=C/CN(Sc1ccc(C)cc1)C(=O)OC(C)(C)C. The van der Waals surface area contributed by atoms with Gasteiger partial charge in [-0.25, -0.2) is 13.9 Å². The summed E-state index contributed by atoms with van der Waals surface area (Å²) in [4.78, 5) is 24.4. The van der Waals surface area contributed by atoms with Crippen LogP contribution in [0.4, 0.5) is 4.79 Å². The molecule has 0 aliphatic carbocycles. The zero-order chi connectivity index (χ0) is 17.5. The molecule has 1 amide bonds. The van der Waals surface area contributed by atoms with Crippen LogP contribution in [0.1, 0.15) is 26.3 Å². The molecule has 0 heterocycles. The van der Waals surface area contributed by atoms with Gasteiger partial charge < -0.3 is 9.47 Å². The minimum Gasteiger partial charge on any atom is -0.466 e. The number of benzene rings is 1. The van der Waals surface area contributed by atoms with Gasteiger partial charge in [0.15, 0.2) is 0 Å². The average molecular weight is 337 g/mol. The Balaban J connectivity index is 2.82. The summed E-state index contributed by atoms with van der Waals surface area (Å²) in [6.45, 7) is 7.65. The van der Waals surface area contributed by atoms with E-state index >= 15 is 0 Å². The number of methoxy groups -OCH3 is 1. The quantitative estimate of drug-likeness (QED) is 0.462. The van der Waals surface area contributed by atoms with Gasteiger partial charge in [0.2, 0.25) is 0 Å².